The van der Waals surface area contributed by atoms with Gasteiger partial charge in [0, 0.05) is 6.20 Å². The van der Waals surface area contributed by atoms with Crippen molar-refractivity contribution in [1.29, 1.82) is 0 Å². The van der Waals surface area contributed by atoms with E-state index in [9.17, 15) is 0 Å². The number of methoxy groups -OCH3 is 1. The summed E-state index contributed by atoms with van der Waals surface area (Å²) < 4.78 is 4.94. The Morgan fingerprint density at radius 3 is 2.70 bits per heavy atom. The Morgan fingerprint density at radius 2 is 2.20 bits per heavy atom. The number of hydrogen-bond donors (Lipinski definition) is 1. The minimum absolute atomic E-state index is 0.639. The maximum atomic E-state index is 5.63. The zero-order valence-corrected chi connectivity index (χ0v) is 6.09. The van der Waals surface area contributed by atoms with Gasteiger partial charge in [0.2, 0.25) is 0 Å². The van der Waals surface area contributed by atoms with Gasteiger partial charge in [-0.3, -0.25) is 4.98 Å². The highest BCUT2D eigenvalue weighted by atomic mass is 16.5. The Morgan fingerprint density at radius 1 is 1.50 bits per heavy atom. The topological polar surface area (TPSA) is 48.1 Å². The molecule has 2 N–H and O–H groups in total. The van der Waals surface area contributed by atoms with Crippen molar-refractivity contribution >= 4 is 5.69 Å². The number of nitrogens with two attached hydrogens (primary N) is 1. The minimum Gasteiger partial charge on any atom is -0.493 e. The van der Waals surface area contributed by atoms with E-state index in [1.807, 2.05) is 6.92 Å². The SMILES string of the molecule is COc1cncc(C)c1N. The molecule has 10 heavy (non-hydrogen) atoms. The molecule has 1 aromatic heterocycles. The van der Waals surface area contributed by atoms with Gasteiger partial charge in [-0.15, -0.1) is 0 Å². The van der Waals surface area contributed by atoms with Crippen molar-refractivity contribution in [3.8, 4) is 5.75 Å². The van der Waals surface area contributed by atoms with E-state index in [4.69, 9.17) is 10.5 Å². The molecule has 0 spiro atoms. The molecule has 0 aliphatic rings. The van der Waals surface area contributed by atoms with Crippen molar-refractivity contribution in [3.05, 3.63) is 18.0 Å². The van der Waals surface area contributed by atoms with Gasteiger partial charge in [0.15, 0.2) is 5.75 Å². The second-order valence-corrected chi connectivity index (χ2v) is 2.07. The first-order chi connectivity index (χ1) is 4.75. The number of aryl methyl sites for hydroxylation is 1. The number of ether oxygens (including phenoxy) is 1. The van der Waals surface area contributed by atoms with Crippen molar-refractivity contribution in [3.63, 3.8) is 0 Å². The lowest BCUT2D eigenvalue weighted by molar-refractivity contribution is 0.415. The molecule has 3 heteroatoms. The molecule has 0 atom stereocenters. The monoisotopic (exact) mass is 138 g/mol. The molecule has 0 amide bonds. The summed E-state index contributed by atoms with van der Waals surface area (Å²) in [5.41, 5.74) is 7.24. The number of rotatable bonds is 1. The molecule has 0 radical (unpaired) electrons. The largest absolute Gasteiger partial charge is 0.493 e. The Bertz CT molecular complexity index is 235. The van der Waals surface area contributed by atoms with Crippen LogP contribution in [0.4, 0.5) is 5.69 Å². The lowest BCUT2D eigenvalue weighted by atomic mass is 10.2. The summed E-state index contributed by atoms with van der Waals surface area (Å²) in [5.74, 6) is 0.639. The fourth-order valence-electron chi connectivity index (χ4n) is 0.713. The highest BCUT2D eigenvalue weighted by molar-refractivity contribution is 5.55. The lowest BCUT2D eigenvalue weighted by Gasteiger charge is -2.04. The molecule has 0 saturated heterocycles. The molecule has 0 aliphatic carbocycles. The first-order valence-corrected chi connectivity index (χ1v) is 2.99. The summed E-state index contributed by atoms with van der Waals surface area (Å²) >= 11 is 0. The quantitative estimate of drug-likeness (QED) is 0.629. The van der Waals surface area contributed by atoms with Gasteiger partial charge in [-0.2, -0.15) is 0 Å². The lowest BCUT2D eigenvalue weighted by Crippen LogP contribution is -1.95. The first-order valence-electron chi connectivity index (χ1n) is 2.99. The molecule has 0 aliphatic heterocycles. The van der Waals surface area contributed by atoms with Crippen molar-refractivity contribution in [2.75, 3.05) is 12.8 Å². The third kappa shape index (κ3) is 1.03. The number of pyridine rings is 1. The third-order valence-electron chi connectivity index (χ3n) is 1.37. The van der Waals surface area contributed by atoms with Gasteiger partial charge in [-0.25, -0.2) is 0 Å². The Balaban J connectivity index is 3.14. The van der Waals surface area contributed by atoms with Gasteiger partial charge in [-0.05, 0) is 12.5 Å². The zero-order valence-electron chi connectivity index (χ0n) is 6.09. The predicted octanol–water partition coefficient (Wildman–Crippen LogP) is 0.981. The van der Waals surface area contributed by atoms with E-state index in [-0.39, 0.29) is 0 Å². The van der Waals surface area contributed by atoms with E-state index < -0.39 is 0 Å². The average molecular weight is 138 g/mol. The Kier molecular flexibility index (Phi) is 1.76. The molecule has 1 aromatic rings. The van der Waals surface area contributed by atoms with Crippen LogP contribution < -0.4 is 10.5 Å². The number of hydrogen-bond acceptors (Lipinski definition) is 3. The molecule has 0 aromatic carbocycles. The fourth-order valence-corrected chi connectivity index (χ4v) is 0.713. The number of anilines is 1. The molecule has 1 rings (SSSR count). The zero-order chi connectivity index (χ0) is 7.56. The molecular weight excluding hydrogens is 128 g/mol. The van der Waals surface area contributed by atoms with Gasteiger partial charge >= 0.3 is 0 Å². The van der Waals surface area contributed by atoms with E-state index in [1.54, 1.807) is 19.5 Å². The maximum absolute atomic E-state index is 5.63. The number of nitrogens with zero attached hydrogens (tertiary/aromatic N) is 1. The standard InChI is InChI=1S/C7H10N2O/c1-5-3-9-4-6(10-2)7(5)8/h3-4H,1-2H3,(H2,8,9). The number of nitrogen functional groups attached to an aromatic ring is 1. The van der Waals surface area contributed by atoms with Gasteiger partial charge in [0.25, 0.3) is 0 Å². The van der Waals surface area contributed by atoms with Gasteiger partial charge in [0.05, 0.1) is 19.0 Å². The summed E-state index contributed by atoms with van der Waals surface area (Å²) in [7, 11) is 1.58. The van der Waals surface area contributed by atoms with Crippen molar-refractivity contribution < 1.29 is 4.74 Å². The molecule has 0 unspecified atom stereocenters. The van der Waals surface area contributed by atoms with Crippen LogP contribution in [0, 0.1) is 6.92 Å². The van der Waals surface area contributed by atoms with Crippen LogP contribution in [0.15, 0.2) is 12.4 Å². The van der Waals surface area contributed by atoms with Crippen LogP contribution in [0.5, 0.6) is 5.75 Å². The highest BCUT2D eigenvalue weighted by Gasteiger charge is 1.99. The predicted molar refractivity (Wildman–Crippen MR) is 39.9 cm³/mol. The fraction of sp³-hybridized carbons (Fsp3) is 0.286. The summed E-state index contributed by atoms with van der Waals surface area (Å²) in [4.78, 5) is 3.91. The summed E-state index contributed by atoms with van der Waals surface area (Å²) in [6.45, 7) is 1.89. The average Bonchev–Trinajstić information content (AvgIpc) is 1.95. The van der Waals surface area contributed by atoms with Crippen LogP contribution in [0.3, 0.4) is 0 Å². The Labute approximate surface area is 59.8 Å². The van der Waals surface area contributed by atoms with Gasteiger partial charge in [-0.1, -0.05) is 0 Å². The molecule has 0 bridgehead atoms. The molecule has 0 fully saturated rings. The van der Waals surface area contributed by atoms with Crippen LogP contribution in [-0.2, 0) is 0 Å². The van der Waals surface area contributed by atoms with Crippen molar-refractivity contribution in [2.45, 2.75) is 6.92 Å². The molecule has 1 heterocycles. The smallest absolute Gasteiger partial charge is 0.160 e. The Hall–Kier alpha value is -1.25. The van der Waals surface area contributed by atoms with Gasteiger partial charge in [0.1, 0.15) is 0 Å². The van der Waals surface area contributed by atoms with Crippen LogP contribution in [0.1, 0.15) is 5.56 Å². The molecule has 54 valence electrons. The molecule has 0 saturated carbocycles. The van der Waals surface area contributed by atoms with E-state index in [0.29, 0.717) is 11.4 Å². The second kappa shape index (κ2) is 2.56. The minimum atomic E-state index is 0.639. The third-order valence-corrected chi connectivity index (χ3v) is 1.37. The summed E-state index contributed by atoms with van der Waals surface area (Å²) in [6.07, 6.45) is 3.31. The van der Waals surface area contributed by atoms with Gasteiger partial charge < -0.3 is 10.5 Å². The van der Waals surface area contributed by atoms with Crippen molar-refractivity contribution in [2.24, 2.45) is 0 Å². The number of aromatic nitrogens is 1. The maximum Gasteiger partial charge on any atom is 0.160 e. The first kappa shape index (κ1) is 6.86. The van der Waals surface area contributed by atoms with E-state index >= 15 is 0 Å². The van der Waals surface area contributed by atoms with Crippen LogP contribution in [0.2, 0.25) is 0 Å². The van der Waals surface area contributed by atoms with Crippen LogP contribution >= 0.6 is 0 Å². The normalized spacial score (nSPS) is 9.40. The second-order valence-electron chi connectivity index (χ2n) is 2.07. The van der Waals surface area contributed by atoms with E-state index in [1.165, 1.54) is 0 Å². The van der Waals surface area contributed by atoms with E-state index in [2.05, 4.69) is 4.98 Å². The molecular formula is C7H10N2O. The molecule has 3 nitrogen and oxygen atoms in total. The van der Waals surface area contributed by atoms with Crippen molar-refractivity contribution in [1.82, 2.24) is 4.98 Å². The summed E-state index contributed by atoms with van der Waals surface area (Å²) in [6, 6.07) is 0. The van der Waals surface area contributed by atoms with Crippen LogP contribution in [0.25, 0.3) is 0 Å². The summed E-state index contributed by atoms with van der Waals surface area (Å²) in [5, 5.41) is 0. The highest BCUT2D eigenvalue weighted by Crippen LogP contribution is 2.21. The van der Waals surface area contributed by atoms with E-state index in [0.717, 1.165) is 5.56 Å². The van der Waals surface area contributed by atoms with Crippen LogP contribution in [-0.4, -0.2) is 12.1 Å².